The number of likely N-dealkylation sites (N-methyl/N-ethyl adjacent to an activating group) is 1. The molecule has 1 aromatic rings. The second-order valence-electron chi connectivity index (χ2n) is 6.04. The van der Waals surface area contributed by atoms with Crippen molar-refractivity contribution in [3.05, 3.63) is 23.8 Å². The molecule has 0 unspecified atom stereocenters. The van der Waals surface area contributed by atoms with Crippen molar-refractivity contribution in [3.8, 4) is 11.5 Å². The maximum atomic E-state index is 11.8. The monoisotopic (exact) mass is 309 g/mol. The zero-order chi connectivity index (χ0) is 16.8. The van der Waals surface area contributed by atoms with E-state index in [0.29, 0.717) is 24.7 Å². The van der Waals surface area contributed by atoms with Gasteiger partial charge in [-0.25, -0.2) is 0 Å². The Labute approximate surface area is 132 Å². The molecule has 0 radical (unpaired) electrons. The molecule has 6 heteroatoms. The minimum absolute atomic E-state index is 0.197. The van der Waals surface area contributed by atoms with Crippen LogP contribution in [0, 0.1) is 0 Å². The Morgan fingerprint density at radius 1 is 1.32 bits per heavy atom. The van der Waals surface area contributed by atoms with Crippen molar-refractivity contribution in [1.29, 1.82) is 0 Å². The van der Waals surface area contributed by atoms with Gasteiger partial charge in [0.2, 0.25) is 5.91 Å². The fourth-order valence-corrected chi connectivity index (χ4v) is 1.69. The first-order chi connectivity index (χ1) is 10.2. The van der Waals surface area contributed by atoms with Gasteiger partial charge in [-0.2, -0.15) is 0 Å². The van der Waals surface area contributed by atoms with Gasteiger partial charge in [0, 0.05) is 13.1 Å². The number of carbonyl (C=O) groups is 1. The quantitative estimate of drug-likeness (QED) is 0.749. The summed E-state index contributed by atoms with van der Waals surface area (Å²) in [6, 6.07) is 5.61. The summed E-state index contributed by atoms with van der Waals surface area (Å²) >= 11 is 0. The molecule has 0 heterocycles. The van der Waals surface area contributed by atoms with Crippen LogP contribution in [0.25, 0.3) is 0 Å². The lowest BCUT2D eigenvalue weighted by atomic mass is 10.1. The molecule has 0 aliphatic rings. The molecule has 0 bridgehead atoms. The molecular formula is C16H27N3O3. The fraction of sp³-hybridized carbons (Fsp3) is 0.562. The molecule has 1 amide bonds. The van der Waals surface area contributed by atoms with Crippen LogP contribution in [-0.4, -0.2) is 50.7 Å². The van der Waals surface area contributed by atoms with Crippen molar-refractivity contribution >= 4 is 5.91 Å². The molecule has 0 atom stereocenters. The van der Waals surface area contributed by atoms with Gasteiger partial charge in [0.25, 0.3) is 0 Å². The summed E-state index contributed by atoms with van der Waals surface area (Å²) in [6.45, 7) is 5.15. The Bertz CT molecular complexity index is 496. The molecule has 0 saturated heterocycles. The van der Waals surface area contributed by atoms with Gasteiger partial charge in [-0.3, -0.25) is 4.79 Å². The van der Waals surface area contributed by atoms with Crippen LogP contribution >= 0.6 is 0 Å². The second-order valence-corrected chi connectivity index (χ2v) is 6.04. The molecule has 124 valence electrons. The number of rotatable bonds is 8. The molecule has 3 N–H and O–H groups in total. The normalized spacial score (nSPS) is 11.4. The van der Waals surface area contributed by atoms with Gasteiger partial charge < -0.3 is 25.4 Å². The smallest absolute Gasteiger partial charge is 0.239 e. The third-order valence-electron chi connectivity index (χ3n) is 3.06. The largest absolute Gasteiger partial charge is 0.493 e. The summed E-state index contributed by atoms with van der Waals surface area (Å²) in [6.07, 6.45) is 0. The molecule has 0 spiro atoms. The number of benzene rings is 1. The molecule has 1 aromatic carbocycles. The minimum Gasteiger partial charge on any atom is -0.493 e. The van der Waals surface area contributed by atoms with Crippen LogP contribution in [-0.2, 0) is 11.3 Å². The Kier molecular flexibility index (Phi) is 6.64. The third kappa shape index (κ3) is 5.91. The summed E-state index contributed by atoms with van der Waals surface area (Å²) in [7, 11) is 5.58. The number of nitrogens with one attached hydrogen (secondary N) is 1. The number of amides is 1. The van der Waals surface area contributed by atoms with Crippen LogP contribution in [0.1, 0.15) is 19.4 Å². The van der Waals surface area contributed by atoms with Crippen molar-refractivity contribution < 1.29 is 14.3 Å². The average Bonchev–Trinajstić information content (AvgIpc) is 2.44. The highest BCUT2D eigenvalue weighted by Crippen LogP contribution is 2.28. The number of hydrogen-bond acceptors (Lipinski definition) is 5. The minimum atomic E-state index is -0.890. The van der Waals surface area contributed by atoms with Crippen LogP contribution in [0.4, 0.5) is 0 Å². The van der Waals surface area contributed by atoms with Crippen LogP contribution in [0.5, 0.6) is 11.5 Å². The average molecular weight is 309 g/mol. The topological polar surface area (TPSA) is 76.8 Å². The van der Waals surface area contributed by atoms with Gasteiger partial charge in [-0.15, -0.1) is 0 Å². The summed E-state index contributed by atoms with van der Waals surface area (Å²) < 4.78 is 11.0. The number of nitrogens with two attached hydrogens (primary N) is 1. The van der Waals surface area contributed by atoms with Crippen LogP contribution in [0.3, 0.4) is 0 Å². The van der Waals surface area contributed by atoms with E-state index in [9.17, 15) is 4.79 Å². The number of nitrogens with zero attached hydrogens (tertiary/aromatic N) is 1. The van der Waals surface area contributed by atoms with Crippen molar-refractivity contribution in [1.82, 2.24) is 10.2 Å². The SMILES string of the molecule is COc1cc(CNC(=O)C(C)(C)N)ccc1OCCN(C)C. The third-order valence-corrected chi connectivity index (χ3v) is 3.06. The molecule has 0 saturated carbocycles. The number of carbonyl (C=O) groups excluding carboxylic acids is 1. The molecule has 0 aliphatic heterocycles. The van der Waals surface area contributed by atoms with Gasteiger partial charge in [-0.1, -0.05) is 6.07 Å². The number of ether oxygens (including phenoxy) is 2. The summed E-state index contributed by atoms with van der Waals surface area (Å²) in [5.41, 5.74) is 5.78. The fourth-order valence-electron chi connectivity index (χ4n) is 1.69. The van der Waals surface area contributed by atoms with E-state index in [-0.39, 0.29) is 5.91 Å². The Morgan fingerprint density at radius 2 is 2.00 bits per heavy atom. The van der Waals surface area contributed by atoms with E-state index in [4.69, 9.17) is 15.2 Å². The Balaban J connectivity index is 2.66. The van der Waals surface area contributed by atoms with Crippen molar-refractivity contribution in [2.24, 2.45) is 5.73 Å². The molecule has 0 fully saturated rings. The molecule has 0 aliphatic carbocycles. The zero-order valence-corrected chi connectivity index (χ0v) is 14.1. The van der Waals surface area contributed by atoms with Crippen molar-refractivity contribution in [2.75, 3.05) is 34.4 Å². The highest BCUT2D eigenvalue weighted by Gasteiger charge is 2.21. The summed E-state index contributed by atoms with van der Waals surface area (Å²) in [5.74, 6) is 1.15. The predicted molar refractivity (Wildman–Crippen MR) is 87.2 cm³/mol. The first-order valence-corrected chi connectivity index (χ1v) is 7.25. The highest BCUT2D eigenvalue weighted by atomic mass is 16.5. The molecule has 1 rings (SSSR count). The maximum Gasteiger partial charge on any atom is 0.239 e. The lowest BCUT2D eigenvalue weighted by Crippen LogP contribution is -2.48. The van der Waals surface area contributed by atoms with E-state index >= 15 is 0 Å². The van der Waals surface area contributed by atoms with Gasteiger partial charge in [0.1, 0.15) is 6.61 Å². The van der Waals surface area contributed by atoms with E-state index in [1.54, 1.807) is 21.0 Å². The van der Waals surface area contributed by atoms with Crippen LogP contribution in [0.2, 0.25) is 0 Å². The van der Waals surface area contributed by atoms with E-state index in [2.05, 4.69) is 5.32 Å². The molecule has 6 nitrogen and oxygen atoms in total. The molecule has 0 aromatic heterocycles. The first-order valence-electron chi connectivity index (χ1n) is 7.25. The number of hydrogen-bond donors (Lipinski definition) is 2. The van der Waals surface area contributed by atoms with Gasteiger partial charge in [0.05, 0.1) is 12.6 Å². The maximum absolute atomic E-state index is 11.8. The Hall–Kier alpha value is -1.79. The first kappa shape index (κ1) is 18.3. The standard InChI is InChI=1S/C16H27N3O3/c1-16(2,17)15(20)18-11-12-6-7-13(14(10-12)21-5)22-9-8-19(3)4/h6-7,10H,8-9,11,17H2,1-5H3,(H,18,20). The van der Waals surface area contributed by atoms with E-state index in [1.807, 2.05) is 37.2 Å². The van der Waals surface area contributed by atoms with E-state index < -0.39 is 5.54 Å². The zero-order valence-electron chi connectivity index (χ0n) is 14.1. The van der Waals surface area contributed by atoms with Crippen LogP contribution in [0.15, 0.2) is 18.2 Å². The molecule has 22 heavy (non-hydrogen) atoms. The second kappa shape index (κ2) is 8.00. The highest BCUT2D eigenvalue weighted by molar-refractivity contribution is 5.84. The van der Waals surface area contributed by atoms with Crippen molar-refractivity contribution in [3.63, 3.8) is 0 Å². The lowest BCUT2D eigenvalue weighted by molar-refractivity contribution is -0.125. The molecular weight excluding hydrogens is 282 g/mol. The van der Waals surface area contributed by atoms with E-state index in [0.717, 1.165) is 12.1 Å². The van der Waals surface area contributed by atoms with Gasteiger partial charge >= 0.3 is 0 Å². The predicted octanol–water partition coefficient (Wildman–Crippen LogP) is 0.989. The van der Waals surface area contributed by atoms with Gasteiger partial charge in [-0.05, 0) is 45.6 Å². The van der Waals surface area contributed by atoms with Crippen molar-refractivity contribution in [2.45, 2.75) is 25.9 Å². The Morgan fingerprint density at radius 3 is 2.55 bits per heavy atom. The van der Waals surface area contributed by atoms with E-state index in [1.165, 1.54) is 0 Å². The summed E-state index contributed by atoms with van der Waals surface area (Å²) in [5, 5.41) is 2.80. The number of methoxy groups -OCH3 is 1. The van der Waals surface area contributed by atoms with Crippen LogP contribution < -0.4 is 20.5 Å². The summed E-state index contributed by atoms with van der Waals surface area (Å²) in [4.78, 5) is 13.8. The lowest BCUT2D eigenvalue weighted by Gasteiger charge is -2.18. The van der Waals surface area contributed by atoms with Gasteiger partial charge in [0.15, 0.2) is 11.5 Å².